The van der Waals surface area contributed by atoms with Crippen LogP contribution < -0.4 is 0 Å². The van der Waals surface area contributed by atoms with E-state index in [4.69, 9.17) is 0 Å². The number of aliphatic hydroxyl groups excluding tert-OH is 1. The van der Waals surface area contributed by atoms with Gasteiger partial charge in [-0.2, -0.15) is 5.26 Å². The minimum Gasteiger partial charge on any atom is -0.506 e. The maximum atomic E-state index is 12.9. The molecule has 1 atom stereocenters. The number of hydrogen-bond acceptors (Lipinski definition) is 4. The Kier molecular flexibility index (Phi) is 5.99. The number of aliphatic hydroxyl groups is 1. The van der Waals surface area contributed by atoms with Gasteiger partial charge in [-0.05, 0) is 24.1 Å². The average molecular weight is 389 g/mol. The largest absolute Gasteiger partial charge is 0.506 e. The van der Waals surface area contributed by atoms with Crippen LogP contribution in [-0.4, -0.2) is 53.9 Å². The molecule has 6 nitrogen and oxygen atoms in total. The molecule has 0 aliphatic carbocycles. The summed E-state index contributed by atoms with van der Waals surface area (Å²) in [6.45, 7) is 1.05. The number of hydrogen-bond donors (Lipinski definition) is 1. The van der Waals surface area contributed by atoms with Crippen molar-refractivity contribution in [3.8, 4) is 6.07 Å². The number of rotatable bonds is 4. The van der Waals surface area contributed by atoms with Gasteiger partial charge in [-0.1, -0.05) is 42.5 Å². The first-order valence-electron chi connectivity index (χ1n) is 9.42. The van der Waals surface area contributed by atoms with Gasteiger partial charge in [-0.25, -0.2) is 0 Å². The second kappa shape index (κ2) is 8.61. The molecule has 1 heterocycles. The van der Waals surface area contributed by atoms with Gasteiger partial charge >= 0.3 is 0 Å². The number of carbonyl (C=O) groups is 2. The maximum absolute atomic E-state index is 12.9. The van der Waals surface area contributed by atoms with Crippen molar-refractivity contribution in [3.05, 3.63) is 76.9 Å². The van der Waals surface area contributed by atoms with Crippen molar-refractivity contribution < 1.29 is 14.7 Å². The first-order valence-corrected chi connectivity index (χ1v) is 9.42. The van der Waals surface area contributed by atoms with Crippen molar-refractivity contribution in [2.24, 2.45) is 0 Å². The van der Waals surface area contributed by atoms with Crippen LogP contribution in [0.15, 0.2) is 60.2 Å². The molecule has 6 heteroatoms. The Hall–Kier alpha value is -3.59. The topological polar surface area (TPSA) is 84.6 Å². The van der Waals surface area contributed by atoms with Crippen molar-refractivity contribution in [3.63, 3.8) is 0 Å². The Balaban J connectivity index is 1.79. The monoisotopic (exact) mass is 389 g/mol. The second-order valence-corrected chi connectivity index (χ2v) is 7.26. The standard InChI is InChI=1S/C23H23N3O3/c1-25(2)22(28)18-10-8-17(9-11-18)21(27)20(14-24)23(29)26-13-12-19(15-26)16-6-4-3-5-7-16/h3-11,19,27H,12-13,15H2,1-2H3. The number of likely N-dealkylation sites (tertiary alicyclic amines) is 1. The van der Waals surface area contributed by atoms with E-state index in [1.54, 1.807) is 31.1 Å². The Morgan fingerprint density at radius 1 is 1.07 bits per heavy atom. The lowest BCUT2D eigenvalue weighted by Crippen LogP contribution is -2.30. The molecule has 1 aliphatic rings. The molecule has 1 unspecified atom stereocenters. The van der Waals surface area contributed by atoms with Crippen molar-refractivity contribution >= 4 is 17.6 Å². The fourth-order valence-corrected chi connectivity index (χ4v) is 3.48. The van der Waals surface area contributed by atoms with Crippen LogP contribution in [0.25, 0.3) is 5.76 Å². The number of amides is 2. The summed E-state index contributed by atoms with van der Waals surface area (Å²) in [6.07, 6.45) is 0.816. The third-order valence-electron chi connectivity index (χ3n) is 5.12. The van der Waals surface area contributed by atoms with E-state index in [0.29, 0.717) is 24.2 Å². The van der Waals surface area contributed by atoms with Crippen LogP contribution in [0.4, 0.5) is 0 Å². The van der Waals surface area contributed by atoms with E-state index in [1.807, 2.05) is 36.4 Å². The molecule has 1 aliphatic heterocycles. The minimum absolute atomic E-state index is 0.166. The highest BCUT2D eigenvalue weighted by Gasteiger charge is 2.30. The molecule has 148 valence electrons. The Morgan fingerprint density at radius 3 is 2.28 bits per heavy atom. The third kappa shape index (κ3) is 4.30. The van der Waals surface area contributed by atoms with Gasteiger partial charge < -0.3 is 14.9 Å². The zero-order chi connectivity index (χ0) is 21.0. The van der Waals surface area contributed by atoms with Crippen LogP contribution in [0.1, 0.15) is 33.8 Å². The van der Waals surface area contributed by atoms with E-state index in [9.17, 15) is 20.0 Å². The third-order valence-corrected chi connectivity index (χ3v) is 5.12. The van der Waals surface area contributed by atoms with E-state index in [2.05, 4.69) is 0 Å². The lowest BCUT2D eigenvalue weighted by Gasteiger charge is -2.17. The molecule has 0 radical (unpaired) electrons. The number of nitriles is 1. The molecule has 1 fully saturated rings. The highest BCUT2D eigenvalue weighted by Crippen LogP contribution is 2.29. The van der Waals surface area contributed by atoms with Gasteiger partial charge in [0.2, 0.25) is 0 Å². The number of carbonyl (C=O) groups excluding carboxylic acids is 2. The fraction of sp³-hybridized carbons (Fsp3) is 0.261. The lowest BCUT2D eigenvalue weighted by molar-refractivity contribution is -0.125. The first-order chi connectivity index (χ1) is 13.9. The molecular weight excluding hydrogens is 366 g/mol. The Bertz CT molecular complexity index is 973. The van der Waals surface area contributed by atoms with Gasteiger partial charge in [0.25, 0.3) is 11.8 Å². The molecule has 2 amide bonds. The normalized spacial score (nSPS) is 16.7. The highest BCUT2D eigenvalue weighted by atomic mass is 16.3. The summed E-state index contributed by atoms with van der Waals surface area (Å²) in [5.74, 6) is -0.791. The summed E-state index contributed by atoms with van der Waals surface area (Å²) in [4.78, 5) is 27.9. The highest BCUT2D eigenvalue weighted by molar-refractivity contribution is 6.03. The molecule has 29 heavy (non-hydrogen) atoms. The van der Waals surface area contributed by atoms with Crippen molar-refractivity contribution in [1.29, 1.82) is 5.26 Å². The molecule has 3 rings (SSSR count). The molecule has 0 saturated carbocycles. The summed E-state index contributed by atoms with van der Waals surface area (Å²) in [6, 6.07) is 18.0. The number of nitrogens with zero attached hydrogens (tertiary/aromatic N) is 3. The fourth-order valence-electron chi connectivity index (χ4n) is 3.48. The van der Waals surface area contributed by atoms with Gasteiger partial charge in [0.05, 0.1) is 0 Å². The van der Waals surface area contributed by atoms with Gasteiger partial charge in [0, 0.05) is 44.2 Å². The van der Waals surface area contributed by atoms with Crippen LogP contribution in [0.5, 0.6) is 0 Å². The molecule has 0 aromatic heterocycles. The SMILES string of the molecule is CN(C)C(=O)c1ccc(C(O)=C(C#N)C(=O)N2CCC(c3ccccc3)C2)cc1. The lowest BCUT2D eigenvalue weighted by atomic mass is 9.99. The molecule has 2 aromatic carbocycles. The summed E-state index contributed by atoms with van der Waals surface area (Å²) >= 11 is 0. The predicted octanol–water partition coefficient (Wildman–Crippen LogP) is 3.20. The minimum atomic E-state index is -0.475. The van der Waals surface area contributed by atoms with Gasteiger partial charge in [0.15, 0.2) is 5.57 Å². The molecule has 2 aromatic rings. The molecule has 0 spiro atoms. The van der Waals surface area contributed by atoms with Crippen LogP contribution in [-0.2, 0) is 4.79 Å². The molecular formula is C23H23N3O3. The zero-order valence-electron chi connectivity index (χ0n) is 16.5. The summed E-state index contributed by atoms with van der Waals surface area (Å²) in [5, 5.41) is 20.1. The molecule has 1 N–H and O–H groups in total. The maximum Gasteiger partial charge on any atom is 0.268 e. The first kappa shape index (κ1) is 20.2. The Labute approximate surface area is 170 Å². The molecule has 1 saturated heterocycles. The second-order valence-electron chi connectivity index (χ2n) is 7.26. The summed E-state index contributed by atoms with van der Waals surface area (Å²) in [5.41, 5.74) is 1.66. The van der Waals surface area contributed by atoms with Crippen LogP contribution in [0, 0.1) is 11.3 Å². The van der Waals surface area contributed by atoms with Crippen LogP contribution in [0.2, 0.25) is 0 Å². The zero-order valence-corrected chi connectivity index (χ0v) is 16.5. The summed E-state index contributed by atoms with van der Waals surface area (Å²) in [7, 11) is 3.30. The summed E-state index contributed by atoms with van der Waals surface area (Å²) < 4.78 is 0. The van der Waals surface area contributed by atoms with E-state index >= 15 is 0 Å². The van der Waals surface area contributed by atoms with E-state index in [-0.39, 0.29) is 23.2 Å². The smallest absolute Gasteiger partial charge is 0.268 e. The van der Waals surface area contributed by atoms with Gasteiger partial charge in [0.1, 0.15) is 11.8 Å². The molecule has 0 bridgehead atoms. The Morgan fingerprint density at radius 2 is 1.69 bits per heavy atom. The van der Waals surface area contributed by atoms with Gasteiger partial charge in [-0.15, -0.1) is 0 Å². The van der Waals surface area contributed by atoms with Crippen LogP contribution in [0.3, 0.4) is 0 Å². The number of benzene rings is 2. The van der Waals surface area contributed by atoms with Crippen molar-refractivity contribution in [2.45, 2.75) is 12.3 Å². The van der Waals surface area contributed by atoms with Crippen LogP contribution >= 0.6 is 0 Å². The predicted molar refractivity (Wildman–Crippen MR) is 110 cm³/mol. The van der Waals surface area contributed by atoms with Gasteiger partial charge in [-0.3, -0.25) is 9.59 Å². The van der Waals surface area contributed by atoms with E-state index in [0.717, 1.165) is 12.0 Å². The van der Waals surface area contributed by atoms with Crippen molar-refractivity contribution in [1.82, 2.24) is 9.80 Å². The van der Waals surface area contributed by atoms with Crippen molar-refractivity contribution in [2.75, 3.05) is 27.2 Å². The average Bonchev–Trinajstić information content (AvgIpc) is 3.24. The van der Waals surface area contributed by atoms with E-state index in [1.165, 1.54) is 17.0 Å². The van der Waals surface area contributed by atoms with E-state index < -0.39 is 5.91 Å². The quantitative estimate of drug-likeness (QED) is 0.494.